The highest BCUT2D eigenvalue weighted by Crippen LogP contribution is 2.41. The van der Waals surface area contributed by atoms with Crippen molar-refractivity contribution in [2.45, 2.75) is 70.3 Å². The zero-order valence-electron chi connectivity index (χ0n) is 20.1. The average Bonchev–Trinajstić information content (AvgIpc) is 2.78. The van der Waals surface area contributed by atoms with Crippen LogP contribution < -0.4 is 9.04 Å². The van der Waals surface area contributed by atoms with Crippen molar-refractivity contribution < 1.29 is 23.1 Å². The number of fused-ring (bicyclic) bond motifs is 1. The fourth-order valence-electron chi connectivity index (χ4n) is 4.61. The van der Waals surface area contributed by atoms with Gasteiger partial charge in [-0.15, -0.1) is 0 Å². The summed E-state index contributed by atoms with van der Waals surface area (Å²) >= 11 is 0. The van der Waals surface area contributed by atoms with Crippen LogP contribution in [-0.2, 0) is 14.8 Å². The Bertz CT molecular complexity index is 1200. The Morgan fingerprint density at radius 2 is 1.91 bits per heavy atom. The molecule has 182 valence electrons. The number of nitrogens with zero attached hydrogens (tertiary/aromatic N) is 1. The second kappa shape index (κ2) is 9.45. The van der Waals surface area contributed by atoms with Crippen LogP contribution >= 0.6 is 0 Å². The van der Waals surface area contributed by atoms with Crippen molar-refractivity contribution in [3.63, 3.8) is 0 Å². The molecule has 1 aliphatic carbocycles. The molecule has 0 unspecified atom stereocenters. The summed E-state index contributed by atoms with van der Waals surface area (Å²) in [6.07, 6.45) is 6.16. The van der Waals surface area contributed by atoms with Gasteiger partial charge in [0.2, 0.25) is 0 Å². The summed E-state index contributed by atoms with van der Waals surface area (Å²) in [6.45, 7) is 6.53. The van der Waals surface area contributed by atoms with E-state index < -0.39 is 22.1 Å². The maximum absolute atomic E-state index is 13.7. The third-order valence-electron chi connectivity index (χ3n) is 6.79. The van der Waals surface area contributed by atoms with Crippen molar-refractivity contribution in [2.24, 2.45) is 5.41 Å². The fraction of sp³-hybridized carbons (Fsp3) is 0.444. The molecule has 7 heteroatoms. The van der Waals surface area contributed by atoms with E-state index in [4.69, 9.17) is 9.84 Å². The van der Waals surface area contributed by atoms with E-state index in [1.54, 1.807) is 24.3 Å². The first-order valence-corrected chi connectivity index (χ1v) is 13.3. The molecule has 4 rings (SSSR count). The molecule has 1 atom stereocenters. The van der Waals surface area contributed by atoms with E-state index in [9.17, 15) is 13.2 Å². The molecule has 0 spiro atoms. The Balaban J connectivity index is 1.70. The fourth-order valence-corrected chi connectivity index (χ4v) is 6.22. The number of rotatable bonds is 6. The van der Waals surface area contributed by atoms with Crippen LogP contribution in [0.2, 0.25) is 0 Å². The van der Waals surface area contributed by atoms with Gasteiger partial charge in [0, 0.05) is 6.42 Å². The zero-order chi connectivity index (χ0) is 24.5. The highest BCUT2D eigenvalue weighted by atomic mass is 32.2. The van der Waals surface area contributed by atoms with Crippen molar-refractivity contribution in [1.29, 1.82) is 0 Å². The number of carboxylic acid groups (broad SMARTS) is 1. The Morgan fingerprint density at radius 1 is 1.18 bits per heavy atom. The molecule has 0 saturated heterocycles. The summed E-state index contributed by atoms with van der Waals surface area (Å²) in [6, 6.07) is 12.5. The number of hydrogen-bond donors (Lipinski definition) is 1. The molecule has 1 fully saturated rings. The minimum Gasteiger partial charge on any atom is -0.486 e. The summed E-state index contributed by atoms with van der Waals surface area (Å²) in [5, 5.41) is 9.10. The molecule has 34 heavy (non-hydrogen) atoms. The van der Waals surface area contributed by atoms with E-state index in [1.165, 1.54) is 9.88 Å². The van der Waals surface area contributed by atoms with E-state index in [2.05, 4.69) is 19.9 Å². The minimum absolute atomic E-state index is 0.0742. The lowest BCUT2D eigenvalue weighted by Crippen LogP contribution is -2.43. The average molecular weight is 484 g/mol. The highest BCUT2D eigenvalue weighted by Gasteiger charge is 2.35. The third kappa shape index (κ3) is 5.46. The molecular formula is C27H33NO5S. The normalized spacial score (nSPS) is 19.8. The lowest BCUT2D eigenvalue weighted by molar-refractivity contribution is -0.137. The number of sulfonamides is 1. The highest BCUT2D eigenvalue weighted by molar-refractivity contribution is 7.92. The number of aliphatic carboxylic acids is 1. The maximum Gasteiger partial charge on any atom is 0.303 e. The Labute approximate surface area is 202 Å². The van der Waals surface area contributed by atoms with Gasteiger partial charge in [0.15, 0.2) is 0 Å². The summed E-state index contributed by atoms with van der Waals surface area (Å²) in [5.41, 5.74) is 4.05. The van der Waals surface area contributed by atoms with Crippen LogP contribution in [0.15, 0.2) is 52.9 Å². The SMILES string of the molecule is Cc1cccc(S(=O)(=O)N2C[C@H](CCC(=O)O)Oc3ccc(C=C4CCC(C)(C)CC4)cc32)c1. The Morgan fingerprint density at radius 3 is 2.59 bits per heavy atom. The molecule has 0 amide bonds. The van der Waals surface area contributed by atoms with Crippen molar-refractivity contribution in [2.75, 3.05) is 10.8 Å². The van der Waals surface area contributed by atoms with Crippen LogP contribution in [-0.4, -0.2) is 32.1 Å². The summed E-state index contributed by atoms with van der Waals surface area (Å²) in [7, 11) is -3.85. The summed E-state index contributed by atoms with van der Waals surface area (Å²) in [5.74, 6) is -0.468. The number of aryl methyl sites for hydroxylation is 1. The van der Waals surface area contributed by atoms with Gasteiger partial charge in [-0.3, -0.25) is 9.10 Å². The van der Waals surface area contributed by atoms with E-state index in [0.717, 1.165) is 36.8 Å². The van der Waals surface area contributed by atoms with Crippen LogP contribution in [0.25, 0.3) is 6.08 Å². The molecule has 1 saturated carbocycles. The second-order valence-corrected chi connectivity index (χ2v) is 12.1. The predicted octanol–water partition coefficient (Wildman–Crippen LogP) is 5.80. The molecule has 0 bridgehead atoms. The summed E-state index contributed by atoms with van der Waals surface area (Å²) in [4.78, 5) is 11.3. The Kier molecular flexibility index (Phi) is 6.76. The van der Waals surface area contributed by atoms with Crippen LogP contribution in [0.3, 0.4) is 0 Å². The quantitative estimate of drug-likeness (QED) is 0.561. The van der Waals surface area contributed by atoms with Gasteiger partial charge in [0.05, 0.1) is 17.1 Å². The van der Waals surface area contributed by atoms with Gasteiger partial charge >= 0.3 is 5.97 Å². The Hall–Kier alpha value is -2.80. The van der Waals surface area contributed by atoms with Gasteiger partial charge in [-0.2, -0.15) is 0 Å². The van der Waals surface area contributed by atoms with Gasteiger partial charge in [-0.25, -0.2) is 8.42 Å². The van der Waals surface area contributed by atoms with E-state index in [1.807, 2.05) is 25.1 Å². The van der Waals surface area contributed by atoms with E-state index in [-0.39, 0.29) is 24.3 Å². The number of allylic oxidation sites excluding steroid dienone is 1. The molecule has 0 radical (unpaired) electrons. The first-order valence-electron chi connectivity index (χ1n) is 11.8. The molecule has 1 heterocycles. The summed E-state index contributed by atoms with van der Waals surface area (Å²) < 4.78 is 34.8. The lowest BCUT2D eigenvalue weighted by Gasteiger charge is -2.36. The molecular weight excluding hydrogens is 450 g/mol. The molecule has 1 aliphatic heterocycles. The van der Waals surface area contributed by atoms with Crippen LogP contribution in [0.1, 0.15) is 63.5 Å². The topological polar surface area (TPSA) is 83.9 Å². The number of benzene rings is 2. The number of hydrogen-bond acceptors (Lipinski definition) is 4. The van der Waals surface area contributed by atoms with Crippen molar-refractivity contribution >= 4 is 27.8 Å². The number of anilines is 1. The smallest absolute Gasteiger partial charge is 0.303 e. The van der Waals surface area contributed by atoms with Gasteiger partial charge in [0.1, 0.15) is 11.9 Å². The third-order valence-corrected chi connectivity index (χ3v) is 8.56. The first-order chi connectivity index (χ1) is 16.0. The molecule has 1 N–H and O–H groups in total. The molecule has 0 aromatic heterocycles. The van der Waals surface area contributed by atoms with Crippen molar-refractivity contribution in [3.05, 3.63) is 59.2 Å². The van der Waals surface area contributed by atoms with Gasteiger partial charge in [-0.05, 0) is 79.8 Å². The molecule has 2 aliphatic rings. The van der Waals surface area contributed by atoms with Crippen LogP contribution in [0.5, 0.6) is 5.75 Å². The van der Waals surface area contributed by atoms with Gasteiger partial charge in [0.25, 0.3) is 10.0 Å². The zero-order valence-corrected chi connectivity index (χ0v) is 20.9. The van der Waals surface area contributed by atoms with E-state index in [0.29, 0.717) is 16.9 Å². The standard InChI is InChI=1S/C27H33NO5S/c1-19-5-4-6-23(15-19)34(31,32)28-18-22(8-10-26(29)30)33-25-9-7-21(17-24(25)28)16-20-11-13-27(2,3)14-12-20/h4-7,9,15-17,22H,8,10-14,18H2,1-3H3,(H,29,30)/t22-/m0/s1. The van der Waals surface area contributed by atoms with Crippen LogP contribution in [0.4, 0.5) is 5.69 Å². The molecule has 2 aromatic rings. The lowest BCUT2D eigenvalue weighted by atomic mass is 9.75. The van der Waals surface area contributed by atoms with Gasteiger partial charge in [-0.1, -0.05) is 43.7 Å². The maximum atomic E-state index is 13.7. The minimum atomic E-state index is -3.85. The van der Waals surface area contributed by atoms with Crippen LogP contribution in [0, 0.1) is 12.3 Å². The number of ether oxygens (including phenoxy) is 1. The molecule has 6 nitrogen and oxygen atoms in total. The van der Waals surface area contributed by atoms with Gasteiger partial charge < -0.3 is 9.84 Å². The number of carbonyl (C=O) groups is 1. The predicted molar refractivity (Wildman–Crippen MR) is 134 cm³/mol. The van der Waals surface area contributed by atoms with Crippen molar-refractivity contribution in [1.82, 2.24) is 0 Å². The number of carboxylic acids is 1. The first kappa shape index (κ1) is 24.3. The largest absolute Gasteiger partial charge is 0.486 e. The second-order valence-electron chi connectivity index (χ2n) is 10.2. The van der Waals surface area contributed by atoms with Crippen molar-refractivity contribution in [3.8, 4) is 5.75 Å². The monoisotopic (exact) mass is 483 g/mol. The van der Waals surface area contributed by atoms with E-state index >= 15 is 0 Å². The molecule has 2 aromatic carbocycles.